The Morgan fingerprint density at radius 2 is 2.29 bits per heavy atom. The molecule has 2 N–H and O–H groups in total. The summed E-state index contributed by atoms with van der Waals surface area (Å²) in [4.78, 5) is 5.09. The van der Waals surface area contributed by atoms with Crippen LogP contribution < -0.4 is 5.73 Å². The van der Waals surface area contributed by atoms with Crippen molar-refractivity contribution in [2.24, 2.45) is 16.8 Å². The van der Waals surface area contributed by atoms with Gasteiger partial charge in [-0.15, -0.1) is 0 Å². The number of oxime groups is 1. The van der Waals surface area contributed by atoms with Gasteiger partial charge in [0.2, 0.25) is 5.09 Å². The molecule has 0 bridgehead atoms. The van der Waals surface area contributed by atoms with E-state index in [2.05, 4.69) is 5.16 Å². The fraction of sp³-hybridized carbons (Fsp3) is 0.583. The molecule has 0 aromatic carbocycles. The molecule has 1 aromatic rings. The van der Waals surface area contributed by atoms with Crippen LogP contribution in [0.15, 0.2) is 26.8 Å². The second kappa shape index (κ2) is 6.46. The quantitative estimate of drug-likeness (QED) is 0.461. The SMILES string of the molecule is CN(C)S(=O)(=O)c1ccc(CO/N=C(\N)[C@H]2CCOC2)o1. The zero-order valence-electron chi connectivity index (χ0n) is 12.0. The first-order valence-corrected chi connectivity index (χ1v) is 7.89. The average Bonchev–Trinajstić information content (AvgIpc) is 3.10. The lowest BCUT2D eigenvalue weighted by Crippen LogP contribution is -2.24. The summed E-state index contributed by atoms with van der Waals surface area (Å²) in [7, 11) is -0.710. The number of ether oxygens (including phenoxy) is 1. The molecule has 0 unspecified atom stereocenters. The second-order valence-electron chi connectivity index (χ2n) is 4.86. The second-order valence-corrected chi connectivity index (χ2v) is 6.94. The number of rotatable bonds is 6. The van der Waals surface area contributed by atoms with E-state index in [-0.39, 0.29) is 17.6 Å². The summed E-state index contributed by atoms with van der Waals surface area (Å²) in [5.74, 6) is 0.807. The zero-order chi connectivity index (χ0) is 15.5. The number of amidine groups is 1. The van der Waals surface area contributed by atoms with Crippen LogP contribution in [0.3, 0.4) is 0 Å². The van der Waals surface area contributed by atoms with E-state index in [1.807, 2.05) is 0 Å². The summed E-state index contributed by atoms with van der Waals surface area (Å²) >= 11 is 0. The summed E-state index contributed by atoms with van der Waals surface area (Å²) in [5, 5.41) is 3.67. The van der Waals surface area contributed by atoms with Crippen LogP contribution in [0.1, 0.15) is 12.2 Å². The average molecular weight is 317 g/mol. The lowest BCUT2D eigenvalue weighted by molar-refractivity contribution is 0.109. The van der Waals surface area contributed by atoms with Gasteiger partial charge in [-0.25, -0.2) is 12.7 Å². The van der Waals surface area contributed by atoms with E-state index in [1.165, 1.54) is 26.2 Å². The van der Waals surface area contributed by atoms with Gasteiger partial charge >= 0.3 is 0 Å². The minimum atomic E-state index is -3.58. The molecule has 1 fully saturated rings. The minimum absolute atomic E-state index is 0.0111. The lowest BCUT2D eigenvalue weighted by Gasteiger charge is -2.08. The normalized spacial score (nSPS) is 20.1. The Labute approximate surface area is 123 Å². The fourth-order valence-electron chi connectivity index (χ4n) is 1.77. The van der Waals surface area contributed by atoms with Crippen molar-refractivity contribution in [3.63, 3.8) is 0 Å². The maximum absolute atomic E-state index is 11.8. The van der Waals surface area contributed by atoms with Crippen molar-refractivity contribution in [3.05, 3.63) is 17.9 Å². The highest BCUT2D eigenvalue weighted by molar-refractivity contribution is 7.88. The van der Waals surface area contributed by atoms with Crippen LogP contribution in [0.4, 0.5) is 0 Å². The van der Waals surface area contributed by atoms with E-state index in [0.717, 1.165) is 10.7 Å². The number of hydrogen-bond donors (Lipinski definition) is 1. The topological polar surface area (TPSA) is 107 Å². The van der Waals surface area contributed by atoms with Crippen molar-refractivity contribution < 1.29 is 22.4 Å². The van der Waals surface area contributed by atoms with Gasteiger partial charge in [0.25, 0.3) is 10.0 Å². The minimum Gasteiger partial charge on any atom is -0.444 e. The Hall–Kier alpha value is -1.58. The van der Waals surface area contributed by atoms with E-state index in [4.69, 9.17) is 19.7 Å². The Bertz CT molecular complexity index is 602. The summed E-state index contributed by atoms with van der Waals surface area (Å²) in [5.41, 5.74) is 5.77. The lowest BCUT2D eigenvalue weighted by atomic mass is 10.1. The third-order valence-corrected chi connectivity index (χ3v) is 4.79. The summed E-state index contributed by atoms with van der Waals surface area (Å²) in [6.07, 6.45) is 0.824. The third kappa shape index (κ3) is 3.74. The number of furan rings is 1. The first-order chi connectivity index (χ1) is 9.91. The maximum Gasteiger partial charge on any atom is 0.275 e. The summed E-state index contributed by atoms with van der Waals surface area (Å²) in [6, 6.07) is 2.91. The largest absolute Gasteiger partial charge is 0.444 e. The monoisotopic (exact) mass is 317 g/mol. The summed E-state index contributed by atoms with van der Waals surface area (Å²) in [6.45, 7) is 1.23. The molecule has 9 heteroatoms. The van der Waals surface area contributed by atoms with Gasteiger partial charge in [-0.3, -0.25) is 0 Å². The van der Waals surface area contributed by atoms with Crippen LogP contribution in [0.25, 0.3) is 0 Å². The highest BCUT2D eigenvalue weighted by Gasteiger charge is 2.22. The van der Waals surface area contributed by atoms with Crippen LogP contribution in [-0.4, -0.2) is 45.9 Å². The van der Waals surface area contributed by atoms with Crippen LogP contribution in [0.2, 0.25) is 0 Å². The number of sulfonamides is 1. The van der Waals surface area contributed by atoms with Crippen LogP contribution in [0.5, 0.6) is 0 Å². The van der Waals surface area contributed by atoms with Gasteiger partial charge in [0.1, 0.15) is 11.6 Å². The summed E-state index contributed by atoms with van der Waals surface area (Å²) < 4.78 is 35.2. The van der Waals surface area contributed by atoms with E-state index >= 15 is 0 Å². The Kier molecular flexibility index (Phi) is 4.86. The van der Waals surface area contributed by atoms with Crippen molar-refractivity contribution in [1.82, 2.24) is 4.31 Å². The van der Waals surface area contributed by atoms with Crippen molar-refractivity contribution in [2.45, 2.75) is 18.1 Å². The molecule has 1 aliphatic heterocycles. The molecule has 2 heterocycles. The number of nitrogens with two attached hydrogens (primary N) is 1. The molecule has 1 atom stereocenters. The van der Waals surface area contributed by atoms with Crippen molar-refractivity contribution >= 4 is 15.9 Å². The van der Waals surface area contributed by atoms with Gasteiger partial charge in [0.05, 0.1) is 6.61 Å². The standard InChI is InChI=1S/C12H19N3O5S/c1-15(2)21(16,17)11-4-3-10(20-11)8-19-14-12(13)9-5-6-18-7-9/h3-4,9H,5-8H2,1-2H3,(H2,13,14)/t9-/m0/s1. The third-order valence-electron chi connectivity index (χ3n) is 3.10. The molecular formula is C12H19N3O5S. The zero-order valence-corrected chi connectivity index (χ0v) is 12.8. The first kappa shape index (κ1) is 15.8. The molecule has 118 valence electrons. The van der Waals surface area contributed by atoms with E-state index in [9.17, 15) is 8.42 Å². The molecule has 0 radical (unpaired) electrons. The molecule has 21 heavy (non-hydrogen) atoms. The van der Waals surface area contributed by atoms with Crippen molar-refractivity contribution in [3.8, 4) is 0 Å². The Balaban J connectivity index is 1.93. The number of hydrogen-bond acceptors (Lipinski definition) is 6. The van der Waals surface area contributed by atoms with Gasteiger partial charge in [-0.1, -0.05) is 5.16 Å². The molecule has 0 aliphatic carbocycles. The molecule has 0 amide bonds. The van der Waals surface area contributed by atoms with Crippen LogP contribution in [0, 0.1) is 5.92 Å². The molecule has 2 rings (SSSR count). The molecule has 0 spiro atoms. The Morgan fingerprint density at radius 3 is 2.90 bits per heavy atom. The van der Waals surface area contributed by atoms with Gasteiger partial charge in [0.15, 0.2) is 6.61 Å². The fourth-order valence-corrected chi connectivity index (χ4v) is 2.58. The molecule has 8 nitrogen and oxygen atoms in total. The number of nitrogens with zero attached hydrogens (tertiary/aromatic N) is 2. The van der Waals surface area contributed by atoms with Crippen molar-refractivity contribution in [1.29, 1.82) is 0 Å². The van der Waals surface area contributed by atoms with Gasteiger partial charge in [0, 0.05) is 26.6 Å². The smallest absolute Gasteiger partial charge is 0.275 e. The van der Waals surface area contributed by atoms with Gasteiger partial charge in [-0.2, -0.15) is 0 Å². The highest BCUT2D eigenvalue weighted by atomic mass is 32.2. The first-order valence-electron chi connectivity index (χ1n) is 6.45. The van der Waals surface area contributed by atoms with Gasteiger partial charge in [-0.05, 0) is 18.6 Å². The Morgan fingerprint density at radius 1 is 1.52 bits per heavy atom. The van der Waals surface area contributed by atoms with Crippen molar-refractivity contribution in [2.75, 3.05) is 27.3 Å². The highest BCUT2D eigenvalue weighted by Crippen LogP contribution is 2.18. The molecular weight excluding hydrogens is 298 g/mol. The maximum atomic E-state index is 11.8. The predicted octanol–water partition coefficient (Wildman–Crippen LogP) is 0.355. The van der Waals surface area contributed by atoms with Gasteiger partial charge < -0.3 is 19.7 Å². The molecule has 1 aromatic heterocycles. The van der Waals surface area contributed by atoms with E-state index in [0.29, 0.717) is 24.8 Å². The van der Waals surface area contributed by atoms with Crippen LogP contribution in [-0.2, 0) is 26.2 Å². The van der Waals surface area contributed by atoms with Crippen LogP contribution >= 0.6 is 0 Å². The molecule has 1 saturated heterocycles. The molecule has 1 aliphatic rings. The van der Waals surface area contributed by atoms with E-state index < -0.39 is 10.0 Å². The predicted molar refractivity (Wildman–Crippen MR) is 74.9 cm³/mol. The molecule has 0 saturated carbocycles. The van der Waals surface area contributed by atoms with E-state index in [1.54, 1.807) is 0 Å².